The van der Waals surface area contributed by atoms with E-state index in [1.165, 1.54) is 47.6 Å². The summed E-state index contributed by atoms with van der Waals surface area (Å²) in [4.78, 5) is 64.8. The Morgan fingerprint density at radius 2 is 1.66 bits per heavy atom. The highest BCUT2D eigenvalue weighted by Crippen LogP contribution is 2.32. The number of ether oxygens (including phenoxy) is 2. The van der Waals surface area contributed by atoms with E-state index in [9.17, 15) is 24.0 Å². The van der Waals surface area contributed by atoms with Crippen LogP contribution in [0.4, 0.5) is 5.69 Å². The molecule has 206 valence electrons. The standard InChI is InChI=1S/C31H22ClNO8/c32-22-10-13-25(24(16-22)29(36)20-5-2-1-3-6-20)33-17-21(15-28(33)35)30(37)40-18-26(34)19-8-11-23(12-9-19)41-31(38)27-7-4-14-39-27/h1-14,16,21H,15,17-18H2/t21-/m1/s1. The lowest BCUT2D eigenvalue weighted by atomic mass is 10.0. The zero-order valence-electron chi connectivity index (χ0n) is 21.5. The lowest BCUT2D eigenvalue weighted by Gasteiger charge is -2.20. The molecule has 1 aromatic heterocycles. The van der Waals surface area contributed by atoms with E-state index in [1.54, 1.807) is 48.5 Å². The van der Waals surface area contributed by atoms with E-state index in [0.29, 0.717) is 16.3 Å². The fraction of sp³-hybridized carbons (Fsp3) is 0.129. The Bertz CT molecular complexity index is 1610. The van der Waals surface area contributed by atoms with E-state index in [2.05, 4.69) is 0 Å². The predicted molar refractivity (Wildman–Crippen MR) is 147 cm³/mol. The molecule has 1 atom stereocenters. The van der Waals surface area contributed by atoms with Gasteiger partial charge in [-0.15, -0.1) is 0 Å². The SMILES string of the molecule is O=C(COC(=O)[C@@H]1CC(=O)N(c2ccc(Cl)cc2C(=O)c2ccccc2)C1)c1ccc(OC(=O)c2ccco2)cc1. The first-order valence-electron chi connectivity index (χ1n) is 12.6. The van der Waals surface area contributed by atoms with Crippen LogP contribution in [-0.4, -0.2) is 42.6 Å². The van der Waals surface area contributed by atoms with Crippen LogP contribution < -0.4 is 9.64 Å². The fourth-order valence-electron chi connectivity index (χ4n) is 4.37. The summed E-state index contributed by atoms with van der Waals surface area (Å²) in [6.07, 6.45) is 1.21. The molecular formula is C31H22ClNO8. The molecule has 10 heteroatoms. The number of halogens is 1. The van der Waals surface area contributed by atoms with Crippen molar-refractivity contribution in [3.05, 3.63) is 119 Å². The third-order valence-corrected chi connectivity index (χ3v) is 6.68. The number of anilines is 1. The lowest BCUT2D eigenvalue weighted by Crippen LogP contribution is -2.28. The minimum Gasteiger partial charge on any atom is -0.457 e. The van der Waals surface area contributed by atoms with Gasteiger partial charge in [-0.3, -0.25) is 19.2 Å². The second-order valence-corrected chi connectivity index (χ2v) is 9.62. The number of amides is 1. The Labute approximate surface area is 239 Å². The molecule has 4 aromatic rings. The lowest BCUT2D eigenvalue weighted by molar-refractivity contribution is -0.147. The van der Waals surface area contributed by atoms with Gasteiger partial charge in [0.05, 0.1) is 17.9 Å². The minimum atomic E-state index is -0.825. The summed E-state index contributed by atoms with van der Waals surface area (Å²) in [5.74, 6) is -3.11. The second kappa shape index (κ2) is 12.0. The minimum absolute atomic E-state index is 0.0156. The van der Waals surface area contributed by atoms with Gasteiger partial charge in [0.1, 0.15) is 5.75 Å². The Morgan fingerprint density at radius 3 is 2.37 bits per heavy atom. The number of furan rings is 1. The third kappa shape index (κ3) is 6.26. The van der Waals surface area contributed by atoms with Gasteiger partial charge in [-0.25, -0.2) is 4.79 Å². The number of carbonyl (C=O) groups excluding carboxylic acids is 5. The summed E-state index contributed by atoms with van der Waals surface area (Å²) in [6, 6.07) is 22.0. The second-order valence-electron chi connectivity index (χ2n) is 9.18. The summed E-state index contributed by atoms with van der Waals surface area (Å²) in [5.41, 5.74) is 1.25. The molecular weight excluding hydrogens is 550 g/mol. The van der Waals surface area contributed by atoms with Crippen LogP contribution in [0.2, 0.25) is 5.02 Å². The van der Waals surface area contributed by atoms with Crippen molar-refractivity contribution in [3.63, 3.8) is 0 Å². The van der Waals surface area contributed by atoms with Crippen LogP contribution in [0, 0.1) is 5.92 Å². The summed E-state index contributed by atoms with van der Waals surface area (Å²) < 4.78 is 15.4. The first kappa shape index (κ1) is 27.5. The first-order valence-corrected chi connectivity index (χ1v) is 12.9. The number of Topliss-reactive ketones (excluding diaryl/α,β-unsaturated/α-hetero) is 1. The number of ketones is 2. The number of rotatable bonds is 9. The number of nitrogens with zero attached hydrogens (tertiary/aromatic N) is 1. The number of hydrogen-bond donors (Lipinski definition) is 0. The van der Waals surface area contributed by atoms with Crippen LogP contribution in [0.25, 0.3) is 0 Å². The van der Waals surface area contributed by atoms with Gasteiger partial charge in [0.2, 0.25) is 11.7 Å². The van der Waals surface area contributed by atoms with E-state index in [0.717, 1.165) is 0 Å². The van der Waals surface area contributed by atoms with E-state index in [-0.39, 0.29) is 47.3 Å². The molecule has 0 N–H and O–H groups in total. The molecule has 41 heavy (non-hydrogen) atoms. The van der Waals surface area contributed by atoms with Crippen LogP contribution in [-0.2, 0) is 14.3 Å². The van der Waals surface area contributed by atoms with Crippen LogP contribution in [0.5, 0.6) is 5.75 Å². The van der Waals surface area contributed by atoms with Gasteiger partial charge in [-0.05, 0) is 54.6 Å². The highest BCUT2D eigenvalue weighted by atomic mass is 35.5. The molecule has 0 unspecified atom stereocenters. The molecule has 1 aliphatic heterocycles. The van der Waals surface area contributed by atoms with Crippen molar-refractivity contribution < 1.29 is 37.9 Å². The van der Waals surface area contributed by atoms with Crippen LogP contribution in [0.1, 0.15) is 43.3 Å². The van der Waals surface area contributed by atoms with Gasteiger partial charge in [0, 0.05) is 34.7 Å². The molecule has 0 bridgehead atoms. The number of hydrogen-bond acceptors (Lipinski definition) is 8. The molecule has 1 saturated heterocycles. The molecule has 2 heterocycles. The van der Waals surface area contributed by atoms with Gasteiger partial charge in [0.25, 0.3) is 0 Å². The summed E-state index contributed by atoms with van der Waals surface area (Å²) in [6.45, 7) is -0.550. The highest BCUT2D eigenvalue weighted by molar-refractivity contribution is 6.31. The Kier molecular flexibility index (Phi) is 8.07. The van der Waals surface area contributed by atoms with Crippen molar-refractivity contribution in [1.29, 1.82) is 0 Å². The van der Waals surface area contributed by atoms with Gasteiger partial charge in [0.15, 0.2) is 18.2 Å². The summed E-state index contributed by atoms with van der Waals surface area (Å²) in [7, 11) is 0. The molecule has 9 nitrogen and oxygen atoms in total. The quantitative estimate of drug-likeness (QED) is 0.153. The van der Waals surface area contributed by atoms with Crippen LogP contribution in [0.15, 0.2) is 95.6 Å². The maximum absolute atomic E-state index is 13.2. The third-order valence-electron chi connectivity index (χ3n) is 6.44. The summed E-state index contributed by atoms with van der Waals surface area (Å²) >= 11 is 6.16. The van der Waals surface area contributed by atoms with Crippen LogP contribution in [0.3, 0.4) is 0 Å². The number of esters is 2. The Hall–Kier alpha value is -5.02. The monoisotopic (exact) mass is 571 g/mol. The maximum atomic E-state index is 13.2. The average Bonchev–Trinajstić information content (AvgIpc) is 3.67. The van der Waals surface area contributed by atoms with E-state index >= 15 is 0 Å². The topological polar surface area (TPSA) is 120 Å². The van der Waals surface area contributed by atoms with Crippen molar-refractivity contribution in [2.24, 2.45) is 5.92 Å². The van der Waals surface area contributed by atoms with Crippen molar-refractivity contribution in [2.75, 3.05) is 18.1 Å². The average molecular weight is 572 g/mol. The normalized spacial score (nSPS) is 14.5. The molecule has 0 radical (unpaired) electrons. The predicted octanol–water partition coefficient (Wildman–Crippen LogP) is 5.16. The van der Waals surface area contributed by atoms with Crippen molar-refractivity contribution in [2.45, 2.75) is 6.42 Å². The molecule has 5 rings (SSSR count). The molecule has 0 aliphatic carbocycles. The Balaban J connectivity index is 1.20. The van der Waals surface area contributed by atoms with Crippen molar-refractivity contribution in [3.8, 4) is 5.75 Å². The van der Waals surface area contributed by atoms with Gasteiger partial charge in [-0.2, -0.15) is 0 Å². The molecule has 0 saturated carbocycles. The number of carbonyl (C=O) groups is 5. The van der Waals surface area contributed by atoms with Crippen molar-refractivity contribution >= 4 is 46.7 Å². The smallest absolute Gasteiger partial charge is 0.379 e. The van der Waals surface area contributed by atoms with Gasteiger partial charge in [-0.1, -0.05) is 41.9 Å². The first-order chi connectivity index (χ1) is 19.8. The number of benzene rings is 3. The van der Waals surface area contributed by atoms with Crippen LogP contribution >= 0.6 is 11.6 Å². The Morgan fingerprint density at radius 1 is 0.902 bits per heavy atom. The van der Waals surface area contributed by atoms with E-state index in [1.807, 2.05) is 0 Å². The van der Waals surface area contributed by atoms with Crippen molar-refractivity contribution in [1.82, 2.24) is 0 Å². The molecule has 1 fully saturated rings. The largest absolute Gasteiger partial charge is 0.457 e. The van der Waals surface area contributed by atoms with E-state index < -0.39 is 30.2 Å². The fourth-order valence-corrected chi connectivity index (χ4v) is 4.54. The van der Waals surface area contributed by atoms with E-state index in [4.69, 9.17) is 25.5 Å². The zero-order valence-corrected chi connectivity index (χ0v) is 22.2. The highest BCUT2D eigenvalue weighted by Gasteiger charge is 2.38. The zero-order chi connectivity index (χ0) is 28.9. The maximum Gasteiger partial charge on any atom is 0.379 e. The van der Waals surface area contributed by atoms with Gasteiger partial charge >= 0.3 is 11.9 Å². The molecule has 3 aromatic carbocycles. The molecule has 1 amide bonds. The van der Waals surface area contributed by atoms with Gasteiger partial charge < -0.3 is 18.8 Å². The molecule has 1 aliphatic rings. The summed E-state index contributed by atoms with van der Waals surface area (Å²) in [5, 5.41) is 0.331. The molecule has 0 spiro atoms.